The smallest absolute Gasteiger partial charge is 0.213 e. The molecule has 1 N–H and O–H groups in total. The Labute approximate surface area is 99.5 Å². The molecular weight excluding hydrogens is 218 g/mol. The van der Waals surface area contributed by atoms with E-state index >= 15 is 0 Å². The predicted octanol–water partition coefficient (Wildman–Crippen LogP) is 1.90. The highest BCUT2D eigenvalue weighted by Crippen LogP contribution is 2.13. The second-order valence-electron chi connectivity index (χ2n) is 4.11. The Bertz CT molecular complexity index is 481. The maximum absolute atomic E-state index is 4.65. The van der Waals surface area contributed by atoms with Gasteiger partial charge in [0.05, 0.1) is 6.54 Å². The number of rotatable bonds is 4. The monoisotopic (exact) mass is 233 g/mol. The summed E-state index contributed by atoms with van der Waals surface area (Å²) in [5.41, 5.74) is 0.944. The molecule has 0 aliphatic carbocycles. The van der Waals surface area contributed by atoms with E-state index in [4.69, 9.17) is 0 Å². The Morgan fingerprint density at radius 1 is 1.35 bits per heavy atom. The van der Waals surface area contributed by atoms with E-state index < -0.39 is 0 Å². The fraction of sp³-hybridized carbons (Fsp3) is 0.455. The predicted molar refractivity (Wildman–Crippen MR) is 62.5 cm³/mol. The fourth-order valence-corrected chi connectivity index (χ4v) is 1.38. The average Bonchev–Trinajstić information content (AvgIpc) is 2.78. The van der Waals surface area contributed by atoms with E-state index in [1.54, 1.807) is 0 Å². The standard InChI is InChI=1S/C11H15N5O/c1-7(2)11-14-8(3)4-9(15-11)12-5-10-13-6-17-16-10/h4,6-7H,5H2,1-3H3,(H,12,14,15). The van der Waals surface area contributed by atoms with Gasteiger partial charge in [-0.25, -0.2) is 9.97 Å². The van der Waals surface area contributed by atoms with Gasteiger partial charge in [-0.1, -0.05) is 19.0 Å². The Kier molecular flexibility index (Phi) is 3.32. The van der Waals surface area contributed by atoms with E-state index in [1.165, 1.54) is 6.39 Å². The summed E-state index contributed by atoms with van der Waals surface area (Å²) >= 11 is 0. The number of hydrogen-bond acceptors (Lipinski definition) is 6. The number of anilines is 1. The summed E-state index contributed by atoms with van der Waals surface area (Å²) in [7, 11) is 0. The van der Waals surface area contributed by atoms with Crippen molar-refractivity contribution in [3.8, 4) is 0 Å². The van der Waals surface area contributed by atoms with Gasteiger partial charge in [-0.15, -0.1) is 0 Å². The lowest BCUT2D eigenvalue weighted by molar-refractivity contribution is 0.411. The average molecular weight is 233 g/mol. The molecule has 0 aliphatic heterocycles. The molecule has 0 unspecified atom stereocenters. The van der Waals surface area contributed by atoms with Crippen LogP contribution in [0.25, 0.3) is 0 Å². The highest BCUT2D eigenvalue weighted by Gasteiger charge is 2.06. The van der Waals surface area contributed by atoms with Gasteiger partial charge in [-0.3, -0.25) is 0 Å². The van der Waals surface area contributed by atoms with Crippen molar-refractivity contribution in [2.24, 2.45) is 0 Å². The molecule has 0 bridgehead atoms. The Balaban J connectivity index is 2.10. The topological polar surface area (TPSA) is 76.7 Å². The first-order chi connectivity index (χ1) is 8.15. The molecule has 6 nitrogen and oxygen atoms in total. The minimum atomic E-state index is 0.306. The molecule has 0 spiro atoms. The van der Waals surface area contributed by atoms with Crippen molar-refractivity contribution in [2.45, 2.75) is 33.2 Å². The van der Waals surface area contributed by atoms with Crippen molar-refractivity contribution in [1.82, 2.24) is 20.1 Å². The zero-order chi connectivity index (χ0) is 12.3. The second kappa shape index (κ2) is 4.90. The van der Waals surface area contributed by atoms with Crippen LogP contribution in [0, 0.1) is 6.92 Å². The summed E-state index contributed by atoms with van der Waals surface area (Å²) < 4.78 is 4.65. The lowest BCUT2D eigenvalue weighted by Crippen LogP contribution is -2.07. The van der Waals surface area contributed by atoms with E-state index in [9.17, 15) is 0 Å². The number of nitrogens with one attached hydrogen (secondary N) is 1. The van der Waals surface area contributed by atoms with Gasteiger partial charge in [-0.05, 0) is 6.92 Å². The first kappa shape index (κ1) is 11.5. The molecule has 0 atom stereocenters. The minimum absolute atomic E-state index is 0.306. The van der Waals surface area contributed by atoms with E-state index in [0.717, 1.165) is 17.3 Å². The highest BCUT2D eigenvalue weighted by molar-refractivity contribution is 5.36. The second-order valence-corrected chi connectivity index (χ2v) is 4.11. The highest BCUT2D eigenvalue weighted by atomic mass is 16.5. The molecule has 0 aliphatic rings. The van der Waals surface area contributed by atoms with E-state index in [2.05, 4.69) is 43.8 Å². The molecule has 0 aromatic carbocycles. The third kappa shape index (κ3) is 2.99. The molecule has 17 heavy (non-hydrogen) atoms. The summed E-state index contributed by atoms with van der Waals surface area (Å²) in [6, 6.07) is 1.89. The third-order valence-corrected chi connectivity index (χ3v) is 2.22. The molecule has 2 rings (SSSR count). The van der Waals surface area contributed by atoms with Crippen LogP contribution in [0.1, 0.15) is 37.1 Å². The van der Waals surface area contributed by atoms with Crippen LogP contribution in [-0.2, 0) is 6.54 Å². The molecule has 0 radical (unpaired) electrons. The number of nitrogens with zero attached hydrogens (tertiary/aromatic N) is 4. The van der Waals surface area contributed by atoms with E-state index in [0.29, 0.717) is 18.3 Å². The maximum Gasteiger partial charge on any atom is 0.213 e. The van der Waals surface area contributed by atoms with Crippen molar-refractivity contribution in [3.63, 3.8) is 0 Å². The van der Waals surface area contributed by atoms with Crippen molar-refractivity contribution in [2.75, 3.05) is 5.32 Å². The van der Waals surface area contributed by atoms with Crippen LogP contribution >= 0.6 is 0 Å². The number of aromatic nitrogens is 4. The van der Waals surface area contributed by atoms with Crippen LogP contribution < -0.4 is 5.32 Å². The van der Waals surface area contributed by atoms with Gasteiger partial charge < -0.3 is 9.84 Å². The van der Waals surface area contributed by atoms with Gasteiger partial charge in [0, 0.05) is 17.7 Å². The SMILES string of the molecule is Cc1cc(NCc2ncon2)nc(C(C)C)n1. The quantitative estimate of drug-likeness (QED) is 0.869. The minimum Gasteiger partial charge on any atom is -0.363 e. The Morgan fingerprint density at radius 2 is 2.18 bits per heavy atom. The molecule has 2 heterocycles. The van der Waals surface area contributed by atoms with E-state index in [1.807, 2.05) is 13.0 Å². The van der Waals surface area contributed by atoms with Gasteiger partial charge in [-0.2, -0.15) is 4.98 Å². The van der Waals surface area contributed by atoms with Crippen molar-refractivity contribution < 1.29 is 4.52 Å². The van der Waals surface area contributed by atoms with Crippen LogP contribution in [0.15, 0.2) is 17.0 Å². The molecule has 90 valence electrons. The zero-order valence-electron chi connectivity index (χ0n) is 10.1. The van der Waals surface area contributed by atoms with Crippen LogP contribution in [0.5, 0.6) is 0 Å². The van der Waals surface area contributed by atoms with Gasteiger partial charge in [0.1, 0.15) is 11.6 Å². The van der Waals surface area contributed by atoms with Gasteiger partial charge >= 0.3 is 0 Å². The lowest BCUT2D eigenvalue weighted by atomic mass is 10.2. The number of aryl methyl sites for hydroxylation is 1. The molecule has 0 fully saturated rings. The van der Waals surface area contributed by atoms with Crippen LogP contribution in [0.4, 0.5) is 5.82 Å². The van der Waals surface area contributed by atoms with Crippen molar-refractivity contribution in [3.05, 3.63) is 29.8 Å². The summed E-state index contributed by atoms with van der Waals surface area (Å²) in [6.45, 7) is 6.58. The van der Waals surface area contributed by atoms with Crippen LogP contribution in [0.2, 0.25) is 0 Å². The molecule has 6 heteroatoms. The van der Waals surface area contributed by atoms with Crippen LogP contribution in [-0.4, -0.2) is 20.1 Å². The molecular formula is C11H15N5O. The summed E-state index contributed by atoms with van der Waals surface area (Å²) in [4.78, 5) is 12.7. The molecule has 2 aromatic rings. The normalized spacial score (nSPS) is 10.8. The lowest BCUT2D eigenvalue weighted by Gasteiger charge is -2.08. The third-order valence-electron chi connectivity index (χ3n) is 2.22. The molecule has 0 saturated carbocycles. The van der Waals surface area contributed by atoms with Gasteiger partial charge in [0.25, 0.3) is 0 Å². The van der Waals surface area contributed by atoms with Gasteiger partial charge in [0.2, 0.25) is 6.39 Å². The summed E-state index contributed by atoms with van der Waals surface area (Å²) in [5.74, 6) is 2.53. The number of hydrogen-bond donors (Lipinski definition) is 1. The van der Waals surface area contributed by atoms with E-state index in [-0.39, 0.29) is 0 Å². The first-order valence-corrected chi connectivity index (χ1v) is 5.50. The Hall–Kier alpha value is -1.98. The fourth-order valence-electron chi connectivity index (χ4n) is 1.38. The maximum atomic E-state index is 4.65. The zero-order valence-corrected chi connectivity index (χ0v) is 10.1. The molecule has 0 amide bonds. The molecule has 2 aromatic heterocycles. The summed E-state index contributed by atoms with van der Waals surface area (Å²) in [6.07, 6.45) is 1.31. The van der Waals surface area contributed by atoms with Crippen LogP contribution in [0.3, 0.4) is 0 Å². The van der Waals surface area contributed by atoms with Crippen molar-refractivity contribution >= 4 is 5.82 Å². The van der Waals surface area contributed by atoms with Crippen molar-refractivity contribution in [1.29, 1.82) is 0 Å². The molecule has 0 saturated heterocycles. The van der Waals surface area contributed by atoms with Gasteiger partial charge in [0.15, 0.2) is 5.82 Å². The first-order valence-electron chi connectivity index (χ1n) is 5.50. The summed E-state index contributed by atoms with van der Waals surface area (Å²) in [5, 5.41) is 6.87. The largest absolute Gasteiger partial charge is 0.363 e. The Morgan fingerprint density at radius 3 is 2.82 bits per heavy atom.